The fraction of sp³-hybridized carbons (Fsp3) is 0.172. The van der Waals surface area contributed by atoms with E-state index in [1.165, 1.54) is 48.5 Å². The number of fused-ring (bicyclic) bond motifs is 3. The fourth-order valence-electron chi connectivity index (χ4n) is 5.31. The first kappa shape index (κ1) is 22.9. The van der Waals surface area contributed by atoms with Crippen molar-refractivity contribution in [2.75, 3.05) is 0 Å². The summed E-state index contributed by atoms with van der Waals surface area (Å²) in [5, 5.41) is 62.0. The third kappa shape index (κ3) is 3.91. The van der Waals surface area contributed by atoms with Crippen molar-refractivity contribution in [1.29, 1.82) is 0 Å². The van der Waals surface area contributed by atoms with Crippen molar-refractivity contribution in [2.24, 2.45) is 0 Å². The van der Waals surface area contributed by atoms with Gasteiger partial charge in [0, 0.05) is 29.7 Å². The second kappa shape index (κ2) is 8.53. The number of aliphatic hydroxyl groups excluding tert-OH is 1. The van der Waals surface area contributed by atoms with Gasteiger partial charge in [-0.1, -0.05) is 24.3 Å². The van der Waals surface area contributed by atoms with Crippen LogP contribution in [0, 0.1) is 0 Å². The minimum atomic E-state index is -0.926. The Kier molecular flexibility index (Phi) is 5.27. The normalized spacial score (nSPS) is 22.0. The maximum absolute atomic E-state index is 11.2. The molecule has 2 heterocycles. The Morgan fingerprint density at radius 2 is 1.16 bits per heavy atom. The van der Waals surface area contributed by atoms with Crippen LogP contribution in [0.25, 0.3) is 0 Å². The number of benzene rings is 4. The second-order valence-corrected chi connectivity index (χ2v) is 9.41. The monoisotopic (exact) mass is 500 g/mol. The lowest BCUT2D eigenvalue weighted by atomic mass is 9.83. The molecule has 6 N–H and O–H groups in total. The summed E-state index contributed by atoms with van der Waals surface area (Å²) in [5.74, 6) is -0.0711. The molecule has 188 valence electrons. The number of hydrogen-bond acceptors (Lipinski definition) is 8. The van der Waals surface area contributed by atoms with Crippen LogP contribution in [0.2, 0.25) is 0 Å². The molecule has 37 heavy (non-hydrogen) atoms. The molecule has 0 fully saturated rings. The molecule has 4 aromatic carbocycles. The number of phenolic OH excluding ortho intramolecular Hbond substituents is 5. The number of rotatable bonds is 3. The summed E-state index contributed by atoms with van der Waals surface area (Å²) in [5.41, 5.74) is 2.93. The van der Waals surface area contributed by atoms with Gasteiger partial charge < -0.3 is 40.1 Å². The molecule has 0 aliphatic carbocycles. The fourth-order valence-corrected chi connectivity index (χ4v) is 5.31. The molecule has 4 aromatic rings. The van der Waals surface area contributed by atoms with Crippen molar-refractivity contribution in [3.8, 4) is 40.2 Å². The Morgan fingerprint density at radius 1 is 0.595 bits per heavy atom. The van der Waals surface area contributed by atoms with Crippen molar-refractivity contribution < 1.29 is 40.1 Å². The van der Waals surface area contributed by atoms with Gasteiger partial charge in [-0.25, -0.2) is 0 Å². The van der Waals surface area contributed by atoms with Gasteiger partial charge >= 0.3 is 0 Å². The predicted molar refractivity (Wildman–Crippen MR) is 132 cm³/mol. The molecular weight excluding hydrogens is 476 g/mol. The van der Waals surface area contributed by atoms with E-state index in [2.05, 4.69) is 0 Å². The Balaban J connectivity index is 1.48. The van der Waals surface area contributed by atoms with Crippen molar-refractivity contribution >= 4 is 0 Å². The summed E-state index contributed by atoms with van der Waals surface area (Å²) < 4.78 is 12.6. The first-order valence-electron chi connectivity index (χ1n) is 11.8. The number of aromatic hydroxyl groups is 5. The summed E-state index contributed by atoms with van der Waals surface area (Å²) in [4.78, 5) is 0. The van der Waals surface area contributed by atoms with Crippen LogP contribution in [-0.4, -0.2) is 36.7 Å². The Hall–Kier alpha value is -4.56. The van der Waals surface area contributed by atoms with Crippen LogP contribution in [0.3, 0.4) is 0 Å². The summed E-state index contributed by atoms with van der Waals surface area (Å²) in [6.07, 6.45) is -2.12. The van der Waals surface area contributed by atoms with Crippen molar-refractivity contribution in [1.82, 2.24) is 0 Å². The largest absolute Gasteiger partial charge is 0.508 e. The van der Waals surface area contributed by atoms with Gasteiger partial charge in [0.2, 0.25) is 0 Å². The van der Waals surface area contributed by atoms with Gasteiger partial charge in [0.1, 0.15) is 52.5 Å². The van der Waals surface area contributed by atoms with E-state index < -0.39 is 24.2 Å². The van der Waals surface area contributed by atoms with E-state index in [0.29, 0.717) is 39.3 Å². The minimum Gasteiger partial charge on any atom is -0.508 e. The van der Waals surface area contributed by atoms with Crippen LogP contribution in [0.1, 0.15) is 45.9 Å². The van der Waals surface area contributed by atoms with Gasteiger partial charge in [-0.05, 0) is 53.1 Å². The lowest BCUT2D eigenvalue weighted by Gasteiger charge is -2.32. The van der Waals surface area contributed by atoms with E-state index in [0.717, 1.165) is 0 Å². The van der Waals surface area contributed by atoms with Crippen molar-refractivity contribution in [3.05, 3.63) is 101 Å². The summed E-state index contributed by atoms with van der Waals surface area (Å²) in [7, 11) is 0. The van der Waals surface area contributed by atoms with Crippen molar-refractivity contribution in [3.63, 3.8) is 0 Å². The first-order valence-corrected chi connectivity index (χ1v) is 11.8. The maximum Gasteiger partial charge on any atom is 0.150 e. The third-order valence-corrected chi connectivity index (χ3v) is 6.96. The van der Waals surface area contributed by atoms with Gasteiger partial charge in [-0.15, -0.1) is 0 Å². The molecule has 8 nitrogen and oxygen atoms in total. The number of phenols is 5. The minimum absolute atomic E-state index is 0.0860. The van der Waals surface area contributed by atoms with Gasteiger partial charge in [0.05, 0.1) is 12.0 Å². The highest BCUT2D eigenvalue weighted by molar-refractivity contribution is 5.65. The Bertz CT molecular complexity index is 1460. The zero-order valence-corrected chi connectivity index (χ0v) is 19.4. The summed E-state index contributed by atoms with van der Waals surface area (Å²) >= 11 is 0. The second-order valence-electron chi connectivity index (χ2n) is 9.41. The standard InChI is InChI=1S/C29H24O8/c30-17-5-1-14(2-6-17)27-23(35)12-21-24(36-27)13-22(34)26-25(16-9-19(32)11-20(33)10-16)28(37-29(21)26)15-3-7-18(31)8-4-15/h1-11,13,23,25,27-28,30-35H,12H2/t23-,25+,27+,28-/m0/s1. The molecular formula is C29H24O8. The molecule has 6 rings (SSSR count). The molecule has 0 saturated heterocycles. The third-order valence-electron chi connectivity index (χ3n) is 6.96. The van der Waals surface area contributed by atoms with Crippen LogP contribution in [0.15, 0.2) is 72.8 Å². The van der Waals surface area contributed by atoms with Crippen LogP contribution in [-0.2, 0) is 6.42 Å². The van der Waals surface area contributed by atoms with E-state index in [1.54, 1.807) is 24.3 Å². The molecule has 0 bridgehead atoms. The van der Waals surface area contributed by atoms with Gasteiger partial charge in [-0.2, -0.15) is 0 Å². The lowest BCUT2D eigenvalue weighted by molar-refractivity contribution is 0.0194. The summed E-state index contributed by atoms with van der Waals surface area (Å²) in [6.45, 7) is 0. The number of ether oxygens (including phenoxy) is 2. The predicted octanol–water partition coefficient (Wildman–Crippen LogP) is 4.52. The highest BCUT2D eigenvalue weighted by Crippen LogP contribution is 2.58. The maximum atomic E-state index is 11.2. The highest BCUT2D eigenvalue weighted by atomic mass is 16.5. The molecule has 0 amide bonds. The molecule has 0 unspecified atom stereocenters. The molecule has 8 heteroatoms. The molecule has 4 atom stereocenters. The number of aliphatic hydroxyl groups is 1. The Morgan fingerprint density at radius 3 is 1.76 bits per heavy atom. The average Bonchev–Trinajstić information content (AvgIpc) is 3.26. The molecule has 0 aromatic heterocycles. The SMILES string of the molecule is Oc1ccc([C@H]2Oc3cc(O)c4c(c3C[C@@H]2O)O[C@@H](c2ccc(O)cc2)[C@@H]4c2cc(O)cc(O)c2)cc1. The van der Waals surface area contributed by atoms with Crippen LogP contribution in [0.4, 0.5) is 0 Å². The topological polar surface area (TPSA) is 140 Å². The van der Waals surface area contributed by atoms with Crippen LogP contribution < -0.4 is 9.47 Å². The molecule has 0 radical (unpaired) electrons. The van der Waals surface area contributed by atoms with E-state index in [1.807, 2.05) is 0 Å². The quantitative estimate of drug-likeness (QED) is 0.241. The zero-order chi connectivity index (χ0) is 25.8. The van der Waals surface area contributed by atoms with Crippen LogP contribution >= 0.6 is 0 Å². The number of hydrogen-bond donors (Lipinski definition) is 6. The Labute approximate surface area is 211 Å². The smallest absolute Gasteiger partial charge is 0.150 e. The molecule has 0 saturated carbocycles. The van der Waals surface area contributed by atoms with E-state index in [9.17, 15) is 30.6 Å². The van der Waals surface area contributed by atoms with E-state index in [4.69, 9.17) is 9.47 Å². The van der Waals surface area contributed by atoms with Crippen LogP contribution in [0.5, 0.6) is 40.2 Å². The summed E-state index contributed by atoms with van der Waals surface area (Å²) in [6, 6.07) is 18.6. The lowest BCUT2D eigenvalue weighted by Crippen LogP contribution is -2.30. The van der Waals surface area contributed by atoms with E-state index >= 15 is 0 Å². The van der Waals surface area contributed by atoms with Gasteiger partial charge in [0.15, 0.2) is 0 Å². The van der Waals surface area contributed by atoms with Gasteiger partial charge in [0.25, 0.3) is 0 Å². The van der Waals surface area contributed by atoms with E-state index in [-0.39, 0.29) is 35.2 Å². The van der Waals surface area contributed by atoms with Gasteiger partial charge in [-0.3, -0.25) is 0 Å². The molecule has 0 spiro atoms. The van der Waals surface area contributed by atoms with Crippen molar-refractivity contribution in [2.45, 2.75) is 30.7 Å². The highest BCUT2D eigenvalue weighted by Gasteiger charge is 2.44. The zero-order valence-electron chi connectivity index (χ0n) is 19.4. The molecule has 2 aliphatic rings. The average molecular weight is 501 g/mol. The molecule has 2 aliphatic heterocycles. The first-order chi connectivity index (χ1) is 17.8.